The predicted molar refractivity (Wildman–Crippen MR) is 79.0 cm³/mol. The maximum atomic E-state index is 12.5. The number of rotatable bonds is 5. The average Bonchev–Trinajstić information content (AvgIpc) is 3.21. The number of aromatic amines is 1. The molecule has 2 heterocycles. The van der Waals surface area contributed by atoms with E-state index in [2.05, 4.69) is 15.3 Å². The number of aromatic nitrogens is 3. The molecule has 0 unspecified atom stereocenters. The lowest BCUT2D eigenvalue weighted by atomic mass is 10.2. The quantitative estimate of drug-likeness (QED) is 0.855. The highest BCUT2D eigenvalue weighted by atomic mass is 35.5. The van der Waals surface area contributed by atoms with E-state index < -0.39 is 17.8 Å². The molecule has 3 rings (SSSR count). The number of carbonyl (C=O) groups is 1. The van der Waals surface area contributed by atoms with Crippen molar-refractivity contribution in [3.8, 4) is 5.88 Å². The van der Waals surface area contributed by atoms with Gasteiger partial charge in [0.2, 0.25) is 11.8 Å². The van der Waals surface area contributed by atoms with Gasteiger partial charge in [-0.15, -0.1) is 0 Å². The van der Waals surface area contributed by atoms with Crippen LogP contribution in [0.5, 0.6) is 5.88 Å². The first-order valence-electron chi connectivity index (χ1n) is 7.05. The molecule has 2 N–H and O–H groups in total. The van der Waals surface area contributed by atoms with Crippen molar-refractivity contribution in [2.45, 2.75) is 19.0 Å². The monoisotopic (exact) mass is 360 g/mol. The molecule has 0 spiro atoms. The van der Waals surface area contributed by atoms with E-state index in [1.807, 2.05) is 4.98 Å². The minimum atomic E-state index is -4.57. The highest BCUT2D eigenvalue weighted by molar-refractivity contribution is 6.32. The summed E-state index contributed by atoms with van der Waals surface area (Å²) in [5.74, 6) is -0.274. The van der Waals surface area contributed by atoms with Crippen LogP contribution in [0.4, 0.5) is 19.1 Å². The zero-order chi connectivity index (χ0) is 17.3. The van der Waals surface area contributed by atoms with E-state index in [9.17, 15) is 18.0 Å². The minimum absolute atomic E-state index is 0.0729. The molecule has 1 fully saturated rings. The van der Waals surface area contributed by atoms with Crippen LogP contribution in [0.3, 0.4) is 0 Å². The predicted octanol–water partition coefficient (Wildman–Crippen LogP) is 3.52. The Hall–Kier alpha value is -2.29. The maximum Gasteiger partial charge on any atom is 0.432 e. The molecule has 10 heteroatoms. The van der Waals surface area contributed by atoms with E-state index in [0.717, 1.165) is 12.8 Å². The summed E-state index contributed by atoms with van der Waals surface area (Å²) in [6, 6.07) is 1.33. The number of H-pyrrole nitrogens is 1. The Bertz CT molecular complexity index is 759. The molecule has 0 saturated heterocycles. The fourth-order valence-electron chi connectivity index (χ4n) is 1.85. The lowest BCUT2D eigenvalue weighted by molar-refractivity contribution is -0.140. The van der Waals surface area contributed by atoms with Crippen LogP contribution in [0, 0.1) is 5.92 Å². The van der Waals surface area contributed by atoms with Crippen molar-refractivity contribution >= 4 is 23.5 Å². The highest BCUT2D eigenvalue weighted by Crippen LogP contribution is 2.31. The summed E-state index contributed by atoms with van der Waals surface area (Å²) in [7, 11) is 0. The SMILES string of the molecule is O=C(Nc1ncc(C(F)(F)F)[nH]1)c1cnc(OCC2CC2)c(Cl)c1. The van der Waals surface area contributed by atoms with Gasteiger partial charge in [0, 0.05) is 6.20 Å². The number of alkyl halides is 3. The Morgan fingerprint density at radius 2 is 2.12 bits per heavy atom. The van der Waals surface area contributed by atoms with E-state index in [1.54, 1.807) is 0 Å². The van der Waals surface area contributed by atoms with E-state index in [-0.39, 0.29) is 22.4 Å². The van der Waals surface area contributed by atoms with Crippen LogP contribution < -0.4 is 10.1 Å². The number of hydrogen-bond donors (Lipinski definition) is 2. The van der Waals surface area contributed by atoms with Crippen LogP contribution in [0.15, 0.2) is 18.5 Å². The van der Waals surface area contributed by atoms with Crippen molar-refractivity contribution in [3.05, 3.63) is 34.7 Å². The number of halogens is 4. The van der Waals surface area contributed by atoms with Gasteiger partial charge in [-0.3, -0.25) is 10.1 Å². The Morgan fingerprint density at radius 1 is 1.38 bits per heavy atom. The van der Waals surface area contributed by atoms with Crippen molar-refractivity contribution in [3.63, 3.8) is 0 Å². The van der Waals surface area contributed by atoms with Crippen LogP contribution in [-0.4, -0.2) is 27.5 Å². The first-order chi connectivity index (χ1) is 11.3. The van der Waals surface area contributed by atoms with Crippen molar-refractivity contribution in [2.24, 2.45) is 5.92 Å². The second kappa shape index (κ2) is 6.31. The molecule has 0 atom stereocenters. The molecular formula is C14H12ClF3N4O2. The van der Waals surface area contributed by atoms with Crippen LogP contribution in [0.25, 0.3) is 0 Å². The van der Waals surface area contributed by atoms with Gasteiger partial charge in [-0.2, -0.15) is 13.2 Å². The molecule has 1 aliphatic carbocycles. The largest absolute Gasteiger partial charge is 0.476 e. The molecule has 24 heavy (non-hydrogen) atoms. The number of carbonyl (C=O) groups excluding carboxylic acids is 1. The number of hydrogen-bond acceptors (Lipinski definition) is 4. The molecule has 0 aromatic carbocycles. The Kier molecular flexibility index (Phi) is 4.35. The molecule has 0 aliphatic heterocycles. The minimum Gasteiger partial charge on any atom is -0.476 e. The van der Waals surface area contributed by atoms with Gasteiger partial charge in [0.1, 0.15) is 10.7 Å². The van der Waals surface area contributed by atoms with Crippen molar-refractivity contribution in [1.29, 1.82) is 0 Å². The van der Waals surface area contributed by atoms with Gasteiger partial charge in [0.25, 0.3) is 5.91 Å². The van der Waals surface area contributed by atoms with Crippen LogP contribution >= 0.6 is 11.6 Å². The lowest BCUT2D eigenvalue weighted by Crippen LogP contribution is -2.14. The number of nitrogens with zero attached hydrogens (tertiary/aromatic N) is 2. The zero-order valence-corrected chi connectivity index (χ0v) is 12.9. The molecule has 6 nitrogen and oxygen atoms in total. The first-order valence-corrected chi connectivity index (χ1v) is 7.42. The summed E-state index contributed by atoms with van der Waals surface area (Å²) in [4.78, 5) is 21.4. The third-order valence-corrected chi connectivity index (χ3v) is 3.61. The molecule has 128 valence electrons. The number of pyridine rings is 1. The first kappa shape index (κ1) is 16.6. The molecular weight excluding hydrogens is 349 g/mol. The van der Waals surface area contributed by atoms with E-state index in [1.165, 1.54) is 12.3 Å². The van der Waals surface area contributed by atoms with Gasteiger partial charge < -0.3 is 9.72 Å². The Labute approximate surface area is 139 Å². The lowest BCUT2D eigenvalue weighted by Gasteiger charge is -2.08. The third-order valence-electron chi connectivity index (χ3n) is 3.34. The van der Waals surface area contributed by atoms with Gasteiger partial charge >= 0.3 is 6.18 Å². The van der Waals surface area contributed by atoms with Crippen molar-refractivity contribution in [1.82, 2.24) is 15.0 Å². The summed E-state index contributed by atoms with van der Waals surface area (Å²) in [6.45, 7) is 0.519. The van der Waals surface area contributed by atoms with E-state index in [0.29, 0.717) is 18.7 Å². The highest BCUT2D eigenvalue weighted by Gasteiger charge is 2.33. The average molecular weight is 361 g/mol. The number of nitrogens with one attached hydrogen (secondary N) is 2. The Morgan fingerprint density at radius 3 is 2.71 bits per heavy atom. The number of ether oxygens (including phenoxy) is 1. The van der Waals surface area contributed by atoms with E-state index >= 15 is 0 Å². The molecule has 1 amide bonds. The van der Waals surface area contributed by atoms with Gasteiger partial charge in [-0.25, -0.2) is 9.97 Å². The smallest absolute Gasteiger partial charge is 0.432 e. The van der Waals surface area contributed by atoms with Crippen LogP contribution in [0.2, 0.25) is 5.02 Å². The summed E-state index contributed by atoms with van der Waals surface area (Å²) in [5, 5.41) is 2.36. The van der Waals surface area contributed by atoms with Crippen molar-refractivity contribution < 1.29 is 22.7 Å². The van der Waals surface area contributed by atoms with Gasteiger partial charge in [-0.05, 0) is 24.8 Å². The fourth-order valence-corrected chi connectivity index (χ4v) is 2.07. The van der Waals surface area contributed by atoms with Crippen molar-refractivity contribution in [2.75, 3.05) is 11.9 Å². The van der Waals surface area contributed by atoms with Gasteiger partial charge in [0.15, 0.2) is 0 Å². The topological polar surface area (TPSA) is 79.9 Å². The van der Waals surface area contributed by atoms with E-state index in [4.69, 9.17) is 16.3 Å². The second-order valence-corrected chi connectivity index (χ2v) is 5.77. The molecule has 0 radical (unpaired) electrons. The Balaban J connectivity index is 1.66. The standard InChI is InChI=1S/C14H12ClF3N4O2/c15-9-3-8(4-19-12(9)24-6-7-1-2-7)11(23)22-13-20-5-10(21-13)14(16,17)18/h3-5,7H,1-2,6H2,(H2,20,21,22,23). The number of imidazole rings is 1. The summed E-state index contributed by atoms with van der Waals surface area (Å²) in [6.07, 6.45) is -0.517. The number of anilines is 1. The summed E-state index contributed by atoms with van der Waals surface area (Å²) in [5.41, 5.74) is -0.985. The fraction of sp³-hybridized carbons (Fsp3) is 0.357. The molecule has 0 bridgehead atoms. The van der Waals surface area contributed by atoms with Gasteiger partial charge in [-0.1, -0.05) is 11.6 Å². The molecule has 1 saturated carbocycles. The van der Waals surface area contributed by atoms with Gasteiger partial charge in [0.05, 0.1) is 18.4 Å². The maximum absolute atomic E-state index is 12.5. The number of amides is 1. The second-order valence-electron chi connectivity index (χ2n) is 5.36. The zero-order valence-electron chi connectivity index (χ0n) is 12.2. The third kappa shape index (κ3) is 3.97. The van der Waals surface area contributed by atoms with Crippen LogP contribution in [-0.2, 0) is 6.18 Å². The summed E-state index contributed by atoms with van der Waals surface area (Å²) < 4.78 is 42.8. The molecule has 1 aliphatic rings. The normalized spacial score (nSPS) is 14.5. The molecule has 2 aromatic rings. The molecule has 2 aromatic heterocycles. The summed E-state index contributed by atoms with van der Waals surface area (Å²) >= 11 is 6.00. The van der Waals surface area contributed by atoms with Crippen LogP contribution in [0.1, 0.15) is 28.9 Å².